The van der Waals surface area contributed by atoms with Gasteiger partial charge in [0.2, 0.25) is 0 Å². The second-order valence-electron chi connectivity index (χ2n) is 6.37. The molecular formula is C22H29NO2. The van der Waals surface area contributed by atoms with Gasteiger partial charge in [-0.1, -0.05) is 67.9 Å². The Balaban J connectivity index is 1.54. The largest absolute Gasteiger partial charge is 0.445 e. The molecule has 0 radical (unpaired) electrons. The lowest BCUT2D eigenvalue weighted by Crippen LogP contribution is -2.25. The highest BCUT2D eigenvalue weighted by Crippen LogP contribution is 2.10. The smallest absolute Gasteiger partial charge is 0.407 e. The van der Waals surface area contributed by atoms with Gasteiger partial charge in [0.05, 0.1) is 0 Å². The monoisotopic (exact) mass is 339 g/mol. The van der Waals surface area contributed by atoms with Gasteiger partial charge in [0.15, 0.2) is 0 Å². The van der Waals surface area contributed by atoms with E-state index in [0.29, 0.717) is 13.2 Å². The summed E-state index contributed by atoms with van der Waals surface area (Å²) in [6.07, 6.45) is 6.39. The number of carbonyl (C=O) groups is 1. The highest BCUT2D eigenvalue weighted by Gasteiger charge is 2.02. The van der Waals surface area contributed by atoms with Crippen molar-refractivity contribution in [2.75, 3.05) is 6.54 Å². The fourth-order valence-corrected chi connectivity index (χ4v) is 2.67. The number of alkyl carbamates (subject to hydrolysis) is 1. The molecule has 0 aliphatic heterocycles. The number of nitrogens with one attached hydrogen (secondary N) is 1. The molecule has 3 heteroatoms. The molecule has 0 saturated carbocycles. The molecule has 3 nitrogen and oxygen atoms in total. The summed E-state index contributed by atoms with van der Waals surface area (Å²) >= 11 is 0. The first kappa shape index (κ1) is 19.0. The van der Waals surface area contributed by atoms with Crippen molar-refractivity contribution in [3.05, 3.63) is 71.3 Å². The van der Waals surface area contributed by atoms with Crippen LogP contribution >= 0.6 is 0 Å². The van der Waals surface area contributed by atoms with Gasteiger partial charge in [0, 0.05) is 6.54 Å². The van der Waals surface area contributed by atoms with Gasteiger partial charge in [0.1, 0.15) is 6.61 Å². The predicted octanol–water partition coefficient (Wildman–Crippen LogP) is 5.28. The van der Waals surface area contributed by atoms with Gasteiger partial charge in [-0.15, -0.1) is 0 Å². The van der Waals surface area contributed by atoms with Crippen LogP contribution in [0.4, 0.5) is 4.79 Å². The number of hydrogen-bond acceptors (Lipinski definition) is 2. The first-order chi connectivity index (χ1) is 12.3. The number of amides is 1. The van der Waals surface area contributed by atoms with Crippen LogP contribution in [0.15, 0.2) is 54.6 Å². The highest BCUT2D eigenvalue weighted by atomic mass is 16.5. The minimum atomic E-state index is -0.343. The average molecular weight is 339 g/mol. The van der Waals surface area contributed by atoms with E-state index in [9.17, 15) is 4.79 Å². The lowest BCUT2D eigenvalue weighted by molar-refractivity contribution is 0.139. The molecule has 0 spiro atoms. The zero-order chi connectivity index (χ0) is 17.7. The lowest BCUT2D eigenvalue weighted by atomic mass is 10.0. The van der Waals surface area contributed by atoms with Gasteiger partial charge in [-0.05, 0) is 48.8 Å². The molecule has 134 valence electrons. The van der Waals surface area contributed by atoms with Crippen LogP contribution in [0.1, 0.15) is 49.3 Å². The molecule has 2 aromatic carbocycles. The van der Waals surface area contributed by atoms with Gasteiger partial charge in [-0.25, -0.2) is 4.79 Å². The van der Waals surface area contributed by atoms with E-state index in [0.717, 1.165) is 24.8 Å². The molecule has 1 N–H and O–H groups in total. The summed E-state index contributed by atoms with van der Waals surface area (Å²) in [6, 6.07) is 18.7. The van der Waals surface area contributed by atoms with Crippen LogP contribution in [0.5, 0.6) is 0 Å². The average Bonchev–Trinajstić information content (AvgIpc) is 2.66. The molecule has 0 heterocycles. The predicted molar refractivity (Wildman–Crippen MR) is 103 cm³/mol. The van der Waals surface area contributed by atoms with Crippen molar-refractivity contribution in [1.29, 1.82) is 0 Å². The Morgan fingerprint density at radius 1 is 0.840 bits per heavy atom. The van der Waals surface area contributed by atoms with Crippen molar-refractivity contribution in [2.45, 2.75) is 52.1 Å². The molecule has 0 aliphatic carbocycles. The number of aryl methyl sites for hydroxylation is 2. The molecule has 25 heavy (non-hydrogen) atoms. The Bertz CT molecular complexity index is 608. The van der Waals surface area contributed by atoms with Crippen LogP contribution in [-0.4, -0.2) is 12.6 Å². The van der Waals surface area contributed by atoms with Gasteiger partial charge >= 0.3 is 6.09 Å². The van der Waals surface area contributed by atoms with E-state index in [1.54, 1.807) is 0 Å². The van der Waals surface area contributed by atoms with Crippen molar-refractivity contribution in [2.24, 2.45) is 0 Å². The van der Waals surface area contributed by atoms with Gasteiger partial charge in [-0.2, -0.15) is 0 Å². The van der Waals surface area contributed by atoms with Gasteiger partial charge < -0.3 is 10.1 Å². The van der Waals surface area contributed by atoms with E-state index < -0.39 is 0 Å². The Kier molecular flexibility index (Phi) is 8.60. The molecule has 0 aliphatic rings. The second-order valence-corrected chi connectivity index (χ2v) is 6.37. The topological polar surface area (TPSA) is 38.3 Å². The minimum absolute atomic E-state index is 0.317. The third-order valence-electron chi connectivity index (χ3n) is 4.22. The Hall–Kier alpha value is -2.29. The normalized spacial score (nSPS) is 10.4. The van der Waals surface area contributed by atoms with Crippen LogP contribution in [0.25, 0.3) is 0 Å². The number of benzene rings is 2. The highest BCUT2D eigenvalue weighted by molar-refractivity contribution is 5.67. The molecule has 1 amide bonds. The molecular weight excluding hydrogens is 310 g/mol. The molecule has 0 saturated heterocycles. The van der Waals surface area contributed by atoms with Crippen LogP contribution in [0, 0.1) is 0 Å². The molecule has 0 aromatic heterocycles. The number of rotatable bonds is 10. The maximum absolute atomic E-state index is 11.6. The van der Waals surface area contributed by atoms with Crippen molar-refractivity contribution < 1.29 is 9.53 Å². The summed E-state index contributed by atoms with van der Waals surface area (Å²) in [4.78, 5) is 11.6. The summed E-state index contributed by atoms with van der Waals surface area (Å²) in [5.74, 6) is 0. The standard InChI is InChI=1S/C22H29NO2/c1-2-3-9-19-13-15-20(16-14-19)10-7-8-17-23-22(24)25-18-21-11-5-4-6-12-21/h4-6,11-16H,2-3,7-10,17-18H2,1H3,(H,23,24). The third-order valence-corrected chi connectivity index (χ3v) is 4.22. The number of hydrogen-bond donors (Lipinski definition) is 1. The number of ether oxygens (including phenoxy) is 1. The fraction of sp³-hybridized carbons (Fsp3) is 0.409. The van der Waals surface area contributed by atoms with E-state index in [1.165, 1.54) is 30.4 Å². The van der Waals surface area contributed by atoms with Gasteiger partial charge in [-0.3, -0.25) is 0 Å². The van der Waals surface area contributed by atoms with E-state index in [1.807, 2.05) is 30.3 Å². The van der Waals surface area contributed by atoms with E-state index in [-0.39, 0.29) is 6.09 Å². The van der Waals surface area contributed by atoms with Gasteiger partial charge in [0.25, 0.3) is 0 Å². The number of unbranched alkanes of at least 4 members (excludes halogenated alkanes) is 2. The van der Waals surface area contributed by atoms with Crippen LogP contribution in [0.2, 0.25) is 0 Å². The Morgan fingerprint density at radius 3 is 2.12 bits per heavy atom. The molecule has 2 rings (SSSR count). The second kappa shape index (κ2) is 11.3. The SMILES string of the molecule is CCCCc1ccc(CCCCNC(=O)OCc2ccccc2)cc1. The summed E-state index contributed by atoms with van der Waals surface area (Å²) in [5, 5.41) is 2.81. The van der Waals surface area contributed by atoms with Crippen LogP contribution in [0.3, 0.4) is 0 Å². The van der Waals surface area contributed by atoms with Crippen molar-refractivity contribution >= 4 is 6.09 Å². The quantitative estimate of drug-likeness (QED) is 0.598. The molecule has 0 fully saturated rings. The Labute approximate surface area is 151 Å². The molecule has 2 aromatic rings. The number of carbonyl (C=O) groups excluding carboxylic acids is 1. The summed E-state index contributed by atoms with van der Waals surface area (Å²) < 4.78 is 5.19. The zero-order valence-electron chi connectivity index (χ0n) is 15.2. The first-order valence-corrected chi connectivity index (χ1v) is 9.30. The van der Waals surface area contributed by atoms with E-state index >= 15 is 0 Å². The zero-order valence-corrected chi connectivity index (χ0v) is 15.2. The van der Waals surface area contributed by atoms with Crippen molar-refractivity contribution in [3.63, 3.8) is 0 Å². The molecule has 0 atom stereocenters. The summed E-state index contributed by atoms with van der Waals surface area (Å²) in [5.41, 5.74) is 3.79. The maximum atomic E-state index is 11.6. The van der Waals surface area contributed by atoms with E-state index in [2.05, 4.69) is 36.5 Å². The summed E-state index contributed by atoms with van der Waals surface area (Å²) in [7, 11) is 0. The fourth-order valence-electron chi connectivity index (χ4n) is 2.67. The molecule has 0 bridgehead atoms. The first-order valence-electron chi connectivity index (χ1n) is 9.30. The Morgan fingerprint density at radius 2 is 1.48 bits per heavy atom. The van der Waals surface area contributed by atoms with Crippen molar-refractivity contribution in [3.8, 4) is 0 Å². The van der Waals surface area contributed by atoms with Crippen molar-refractivity contribution in [1.82, 2.24) is 5.32 Å². The molecule has 0 unspecified atom stereocenters. The summed E-state index contributed by atoms with van der Waals surface area (Å²) in [6.45, 7) is 3.19. The maximum Gasteiger partial charge on any atom is 0.407 e. The van der Waals surface area contributed by atoms with E-state index in [4.69, 9.17) is 4.74 Å². The van der Waals surface area contributed by atoms with Crippen LogP contribution < -0.4 is 5.32 Å². The van der Waals surface area contributed by atoms with Crippen LogP contribution in [-0.2, 0) is 24.2 Å². The minimum Gasteiger partial charge on any atom is -0.445 e. The third kappa shape index (κ3) is 7.88. The lowest BCUT2D eigenvalue weighted by Gasteiger charge is -2.07.